The number of aryl methyl sites for hydroxylation is 1. The maximum absolute atomic E-state index is 13.8. The minimum atomic E-state index is -0.317. The van der Waals surface area contributed by atoms with Crippen LogP contribution in [0.2, 0.25) is 0 Å². The number of pyridine rings is 1. The molecule has 1 heterocycles. The molecule has 7 heteroatoms. The van der Waals surface area contributed by atoms with E-state index in [2.05, 4.69) is 82.7 Å². The van der Waals surface area contributed by atoms with Gasteiger partial charge in [0.1, 0.15) is 0 Å². The molecule has 1 aliphatic rings. The summed E-state index contributed by atoms with van der Waals surface area (Å²) in [6.45, 7) is 19.4. The summed E-state index contributed by atoms with van der Waals surface area (Å²) in [5, 5.41) is 0. The number of aromatic nitrogens is 1. The molecule has 1 aliphatic carbocycles. The molecule has 1 saturated carbocycles. The van der Waals surface area contributed by atoms with Crippen molar-refractivity contribution in [3.63, 3.8) is 0 Å². The van der Waals surface area contributed by atoms with Gasteiger partial charge in [-0.2, -0.15) is 0 Å². The van der Waals surface area contributed by atoms with Crippen LogP contribution in [0.4, 0.5) is 0 Å². The third-order valence-corrected chi connectivity index (χ3v) is 8.79. The van der Waals surface area contributed by atoms with Crippen molar-refractivity contribution in [3.8, 4) is 28.4 Å². The summed E-state index contributed by atoms with van der Waals surface area (Å²) in [4.78, 5) is 18.4. The highest BCUT2D eigenvalue weighted by Gasteiger charge is 2.39. The van der Waals surface area contributed by atoms with Crippen molar-refractivity contribution in [1.82, 2.24) is 4.98 Å². The van der Waals surface area contributed by atoms with E-state index in [1.165, 1.54) is 6.42 Å². The van der Waals surface area contributed by atoms with Crippen molar-refractivity contribution < 1.29 is 19.0 Å². The molecule has 3 rings (SSSR count). The molecule has 1 aromatic heterocycles. The van der Waals surface area contributed by atoms with Gasteiger partial charge >= 0.3 is 0 Å². The minimum absolute atomic E-state index is 0.224. The first-order chi connectivity index (χ1) is 19.2. The highest BCUT2D eigenvalue weighted by molar-refractivity contribution is 14.1. The fourth-order valence-corrected chi connectivity index (χ4v) is 6.02. The van der Waals surface area contributed by atoms with Gasteiger partial charge in [-0.25, -0.2) is 0 Å². The average molecular weight is 698 g/mol. The van der Waals surface area contributed by atoms with Gasteiger partial charge in [0.15, 0.2) is 17.3 Å². The number of hydrogen-bond acceptors (Lipinski definition) is 5. The number of ether oxygens (including phenoxy) is 3. The Morgan fingerprint density at radius 1 is 1.02 bits per heavy atom. The van der Waals surface area contributed by atoms with Crippen molar-refractivity contribution in [2.75, 3.05) is 28.0 Å². The van der Waals surface area contributed by atoms with Gasteiger partial charge in [0.05, 0.1) is 21.3 Å². The molecule has 1 aromatic carbocycles. The monoisotopic (exact) mass is 697 g/mol. The first-order valence-corrected chi connectivity index (χ1v) is 17.4. The lowest BCUT2D eigenvalue weighted by Gasteiger charge is -2.36. The van der Waals surface area contributed by atoms with Gasteiger partial charge in [-0.05, 0) is 78.2 Å². The molecule has 1 atom stereocenters. The fourth-order valence-electron chi connectivity index (χ4n) is 4.54. The second kappa shape index (κ2) is 17.5. The third-order valence-electron chi connectivity index (χ3n) is 6.77. The van der Waals surface area contributed by atoms with Crippen LogP contribution in [0.1, 0.15) is 91.8 Å². The van der Waals surface area contributed by atoms with Gasteiger partial charge in [-0.3, -0.25) is 9.78 Å². The zero-order chi connectivity index (χ0) is 31.4. The number of nitrogens with zero attached hydrogens (tertiary/aromatic N) is 1. The molecule has 0 spiro atoms. The number of carbonyl (C=O) groups is 1. The molecule has 41 heavy (non-hydrogen) atoms. The van der Waals surface area contributed by atoms with Crippen LogP contribution in [0.5, 0.6) is 17.2 Å². The van der Waals surface area contributed by atoms with Gasteiger partial charge in [-0.1, -0.05) is 77.5 Å². The number of rotatable bonds is 8. The number of hydrogen-bond donors (Lipinski definition) is 0. The second-order valence-corrected chi connectivity index (χ2v) is 14.5. The van der Waals surface area contributed by atoms with Crippen LogP contribution >= 0.6 is 31.2 Å². The molecule has 230 valence electrons. The normalized spacial score (nSPS) is 19.0. The first-order valence-electron chi connectivity index (χ1n) is 14.5. The maximum atomic E-state index is 13.8. The molecule has 1 fully saturated rings. The maximum Gasteiger partial charge on any atom is 0.203 e. The van der Waals surface area contributed by atoms with Crippen LogP contribution in [0.3, 0.4) is 0 Å². The van der Waals surface area contributed by atoms with Gasteiger partial charge in [0.25, 0.3) is 0 Å². The van der Waals surface area contributed by atoms with Crippen molar-refractivity contribution in [2.24, 2.45) is 10.8 Å². The second-order valence-electron chi connectivity index (χ2n) is 12.5. The van der Waals surface area contributed by atoms with E-state index in [0.29, 0.717) is 22.7 Å². The smallest absolute Gasteiger partial charge is 0.203 e. The van der Waals surface area contributed by atoms with Crippen LogP contribution < -0.4 is 14.2 Å². The quantitative estimate of drug-likeness (QED) is 0.156. The van der Waals surface area contributed by atoms with E-state index >= 15 is 0 Å². The van der Waals surface area contributed by atoms with Crippen LogP contribution in [0.15, 0.2) is 28.5 Å². The standard InChI is InChI=1S/C26H33INO4P.C5H12.C3H8/c1-16-20(21(14-27)25(29)26(2)9-7-19(33-6)8-10-26)11-18(15-28-16)17-12-22(30-3)24(32-5)23(13-17)31-4;1-5(2,3)4;1-3-2/h11-15,19,33H,7-10H2,1-6H3;1-4H3;3H2,1-2H3/b21-14+;;. The van der Waals surface area contributed by atoms with Gasteiger partial charge in [0.2, 0.25) is 5.75 Å². The molecule has 0 saturated heterocycles. The Hall–Kier alpha value is -1.66. The highest BCUT2D eigenvalue weighted by Crippen LogP contribution is 2.45. The Labute approximate surface area is 265 Å². The number of carbonyl (C=O) groups excluding carboxylic acids is 1. The number of methoxy groups -OCH3 is 3. The minimum Gasteiger partial charge on any atom is -0.493 e. The van der Waals surface area contributed by atoms with E-state index < -0.39 is 0 Å². The van der Waals surface area contributed by atoms with E-state index in [0.717, 1.165) is 67.9 Å². The number of ketones is 1. The summed E-state index contributed by atoms with van der Waals surface area (Å²) in [5.41, 5.74) is 5.19. The first kappa shape index (κ1) is 37.4. The van der Waals surface area contributed by atoms with E-state index in [9.17, 15) is 4.79 Å². The molecule has 0 radical (unpaired) electrons. The van der Waals surface area contributed by atoms with Gasteiger partial charge in [0, 0.05) is 34.0 Å². The Balaban J connectivity index is 0.000000930. The van der Waals surface area contributed by atoms with Crippen molar-refractivity contribution in [1.29, 1.82) is 0 Å². The summed E-state index contributed by atoms with van der Waals surface area (Å²) in [7, 11) is 5.74. The Kier molecular flexibility index (Phi) is 15.9. The van der Waals surface area contributed by atoms with Crippen molar-refractivity contribution >= 4 is 42.5 Å². The van der Waals surface area contributed by atoms with Crippen LogP contribution in [-0.4, -0.2) is 44.4 Å². The Morgan fingerprint density at radius 2 is 1.51 bits per heavy atom. The molecule has 0 N–H and O–H groups in total. The summed E-state index contributed by atoms with van der Waals surface area (Å²) >= 11 is 2.19. The van der Waals surface area contributed by atoms with E-state index in [4.69, 9.17) is 14.2 Å². The summed E-state index contributed by atoms with van der Waals surface area (Å²) in [5.74, 6) is 1.93. The van der Waals surface area contributed by atoms with Crippen LogP contribution in [-0.2, 0) is 4.79 Å². The average Bonchev–Trinajstić information content (AvgIpc) is 2.93. The van der Waals surface area contributed by atoms with Gasteiger partial charge in [-0.15, -0.1) is 8.58 Å². The topological polar surface area (TPSA) is 57.7 Å². The lowest BCUT2D eigenvalue weighted by atomic mass is 9.70. The molecular formula is C34H53INO4P. The van der Waals surface area contributed by atoms with E-state index in [1.54, 1.807) is 21.3 Å². The molecule has 0 bridgehead atoms. The number of benzene rings is 1. The molecule has 1 unspecified atom stereocenters. The zero-order valence-corrected chi connectivity index (χ0v) is 30.6. The Morgan fingerprint density at radius 3 is 1.90 bits per heavy atom. The lowest BCUT2D eigenvalue weighted by Crippen LogP contribution is -2.34. The number of halogens is 1. The lowest BCUT2D eigenvalue weighted by molar-refractivity contribution is -0.123. The SMILES string of the molecule is CC(C)(C)C.CCC.COc1cc(-c2cnc(C)c(/C(=C\I)C(=O)C3(C)CCC(PC)CC3)c2)cc(OC)c1OC. The van der Waals surface area contributed by atoms with Gasteiger partial charge < -0.3 is 14.2 Å². The Bertz CT molecular complexity index is 1120. The van der Waals surface area contributed by atoms with Crippen LogP contribution in [0, 0.1) is 17.8 Å². The predicted molar refractivity (Wildman–Crippen MR) is 187 cm³/mol. The number of Topliss-reactive ketones (excluding diaryl/α,β-unsaturated/α-hetero) is 1. The largest absolute Gasteiger partial charge is 0.493 e. The number of allylic oxidation sites excluding steroid dienone is 1. The molecular weight excluding hydrogens is 644 g/mol. The molecule has 2 aromatic rings. The molecule has 0 amide bonds. The summed E-state index contributed by atoms with van der Waals surface area (Å²) in [6, 6.07) is 5.86. The van der Waals surface area contributed by atoms with Crippen molar-refractivity contribution in [3.05, 3.63) is 39.7 Å². The van der Waals surface area contributed by atoms with Crippen molar-refractivity contribution in [2.45, 2.75) is 93.2 Å². The highest BCUT2D eigenvalue weighted by atomic mass is 127. The van der Waals surface area contributed by atoms with Crippen LogP contribution in [0.25, 0.3) is 16.7 Å². The predicted octanol–water partition coefficient (Wildman–Crippen LogP) is 10.2. The molecule has 5 nitrogen and oxygen atoms in total. The fraction of sp³-hybridized carbons (Fsp3) is 0.588. The summed E-state index contributed by atoms with van der Waals surface area (Å²) in [6.07, 6.45) is 7.24. The third kappa shape index (κ3) is 11.2. The van der Waals surface area contributed by atoms with E-state index in [-0.39, 0.29) is 11.2 Å². The van der Waals surface area contributed by atoms with E-state index in [1.807, 2.05) is 35.4 Å². The molecule has 0 aliphatic heterocycles. The zero-order valence-electron chi connectivity index (χ0n) is 27.5. The summed E-state index contributed by atoms with van der Waals surface area (Å²) < 4.78 is 18.4.